The minimum absolute atomic E-state index is 0. The molecule has 4 aromatic rings. The number of halogens is 2. The highest BCUT2D eigenvalue weighted by atomic mass is 35.5. The van der Waals surface area contributed by atoms with E-state index in [-0.39, 0.29) is 30.3 Å². The van der Waals surface area contributed by atoms with Crippen molar-refractivity contribution in [3.05, 3.63) is 93.7 Å². The van der Waals surface area contributed by atoms with Crippen LogP contribution in [0.3, 0.4) is 0 Å². The van der Waals surface area contributed by atoms with Gasteiger partial charge in [-0.3, -0.25) is 4.90 Å². The summed E-state index contributed by atoms with van der Waals surface area (Å²) in [6.45, 7) is 2.53. The zero-order chi connectivity index (χ0) is 25.9. The Bertz CT molecular complexity index is 1660. The fraction of sp³-hybridized carbons (Fsp3) is 0.394. The zero-order valence-corrected chi connectivity index (χ0v) is 23.6. The topological polar surface area (TPSA) is 55.1 Å². The number of ether oxygens (including phenoxy) is 2. The molecule has 9 rings (SSSR count). The maximum atomic E-state index is 11.1. The number of hydrogen-bond donors (Lipinski definition) is 1. The van der Waals surface area contributed by atoms with Gasteiger partial charge in [0.15, 0.2) is 17.6 Å². The van der Waals surface area contributed by atoms with Crippen molar-refractivity contribution >= 4 is 35.0 Å². The highest BCUT2D eigenvalue weighted by Crippen LogP contribution is 2.70. The average molecular weight is 577 g/mol. The van der Waals surface area contributed by atoms with Crippen molar-refractivity contribution in [2.24, 2.45) is 5.92 Å². The van der Waals surface area contributed by atoms with Gasteiger partial charge in [0.1, 0.15) is 16.9 Å². The van der Waals surface area contributed by atoms with Crippen LogP contribution in [0.2, 0.25) is 5.02 Å². The number of phenols is 1. The molecule has 2 aliphatic heterocycles. The number of para-hydroxylation sites is 1. The third kappa shape index (κ3) is 3.12. The molecule has 4 atom stereocenters. The fourth-order valence-electron chi connectivity index (χ4n) is 8.49. The molecule has 40 heavy (non-hydrogen) atoms. The van der Waals surface area contributed by atoms with Crippen LogP contribution in [0, 0.1) is 5.92 Å². The molecule has 1 saturated carbocycles. The van der Waals surface area contributed by atoms with E-state index >= 15 is 0 Å². The Kier molecular flexibility index (Phi) is 5.42. The Morgan fingerprint density at radius 2 is 1.88 bits per heavy atom. The van der Waals surface area contributed by atoms with Crippen LogP contribution in [0.15, 0.2) is 65.1 Å². The molecule has 2 fully saturated rings. The van der Waals surface area contributed by atoms with Gasteiger partial charge in [-0.05, 0) is 67.5 Å². The lowest BCUT2D eigenvalue weighted by Crippen LogP contribution is -2.75. The summed E-state index contributed by atoms with van der Waals surface area (Å²) in [5.41, 5.74) is 4.45. The summed E-state index contributed by atoms with van der Waals surface area (Å²) in [7, 11) is 0. The van der Waals surface area contributed by atoms with Gasteiger partial charge in [-0.25, -0.2) is 0 Å². The van der Waals surface area contributed by atoms with E-state index in [0.29, 0.717) is 12.4 Å². The van der Waals surface area contributed by atoms with Gasteiger partial charge in [0.05, 0.1) is 12.0 Å². The van der Waals surface area contributed by atoms with Crippen molar-refractivity contribution in [1.82, 2.24) is 4.90 Å². The lowest BCUT2D eigenvalue weighted by Gasteiger charge is -2.64. The molecule has 0 amide bonds. The van der Waals surface area contributed by atoms with Crippen LogP contribution >= 0.6 is 24.0 Å². The van der Waals surface area contributed by atoms with Crippen molar-refractivity contribution < 1.29 is 19.0 Å². The molecule has 3 heterocycles. The lowest BCUT2D eigenvalue weighted by molar-refractivity contribution is -0.212. The molecule has 0 unspecified atom stereocenters. The largest absolute Gasteiger partial charge is 0.504 e. The molecular formula is C33H31Cl2NO4. The normalized spacial score (nSPS) is 29.4. The zero-order valence-electron chi connectivity index (χ0n) is 22.1. The Morgan fingerprint density at radius 1 is 1.05 bits per heavy atom. The molecule has 3 aliphatic carbocycles. The van der Waals surface area contributed by atoms with E-state index in [1.54, 1.807) is 6.07 Å². The molecule has 206 valence electrons. The van der Waals surface area contributed by atoms with Crippen molar-refractivity contribution in [3.8, 4) is 11.5 Å². The van der Waals surface area contributed by atoms with E-state index in [2.05, 4.69) is 29.2 Å². The van der Waals surface area contributed by atoms with Gasteiger partial charge in [-0.1, -0.05) is 54.1 Å². The first-order valence-electron chi connectivity index (χ1n) is 14.2. The van der Waals surface area contributed by atoms with E-state index in [1.807, 2.05) is 30.3 Å². The molecule has 1 spiro atoms. The summed E-state index contributed by atoms with van der Waals surface area (Å²) in [6, 6.07) is 20.4. The number of rotatable bonds is 5. The SMILES string of the molecule is Cl.Oc1ccc2c3c1O[C@H]1c4oc5ccccc5c4C[C@@]4(OCc5ccccc5Cl)[C@@H](C2)N(CC2CC2)CC[C@]314. The minimum atomic E-state index is -0.560. The van der Waals surface area contributed by atoms with E-state index < -0.39 is 11.0 Å². The third-order valence-corrected chi connectivity index (χ3v) is 10.7. The fourth-order valence-corrected chi connectivity index (χ4v) is 8.68. The quantitative estimate of drug-likeness (QED) is 0.274. The maximum absolute atomic E-state index is 11.1. The van der Waals surface area contributed by atoms with Crippen LogP contribution in [0.5, 0.6) is 11.5 Å². The summed E-state index contributed by atoms with van der Waals surface area (Å²) in [6.07, 6.45) is 4.79. The van der Waals surface area contributed by atoms with Gasteiger partial charge in [-0.15, -0.1) is 12.4 Å². The van der Waals surface area contributed by atoms with Crippen LogP contribution in [-0.2, 0) is 29.6 Å². The van der Waals surface area contributed by atoms with Crippen LogP contribution in [0.4, 0.5) is 0 Å². The van der Waals surface area contributed by atoms with Gasteiger partial charge in [0.2, 0.25) is 0 Å². The molecule has 5 nitrogen and oxygen atoms in total. The van der Waals surface area contributed by atoms with Gasteiger partial charge in [-0.2, -0.15) is 0 Å². The summed E-state index contributed by atoms with van der Waals surface area (Å²) in [4.78, 5) is 2.72. The number of piperidine rings is 1. The predicted molar refractivity (Wildman–Crippen MR) is 156 cm³/mol. The molecule has 1 aromatic heterocycles. The molecule has 1 N–H and O–H groups in total. The van der Waals surface area contributed by atoms with Crippen LogP contribution in [0.25, 0.3) is 11.0 Å². The number of furan rings is 1. The highest BCUT2D eigenvalue weighted by molar-refractivity contribution is 6.31. The highest BCUT2D eigenvalue weighted by Gasteiger charge is 2.74. The average Bonchev–Trinajstić information content (AvgIpc) is 3.59. The Hall–Kier alpha value is -2.70. The van der Waals surface area contributed by atoms with Crippen LogP contribution < -0.4 is 4.74 Å². The van der Waals surface area contributed by atoms with E-state index in [0.717, 1.165) is 71.1 Å². The van der Waals surface area contributed by atoms with E-state index in [1.165, 1.54) is 24.0 Å². The van der Waals surface area contributed by atoms with Gasteiger partial charge < -0.3 is 19.0 Å². The second-order valence-corrected chi connectivity index (χ2v) is 12.6. The first-order chi connectivity index (χ1) is 19.1. The maximum Gasteiger partial charge on any atom is 0.169 e. The number of hydrogen-bond acceptors (Lipinski definition) is 5. The monoisotopic (exact) mass is 575 g/mol. The van der Waals surface area contributed by atoms with Crippen molar-refractivity contribution in [2.45, 2.75) is 61.9 Å². The molecule has 5 aliphatic rings. The van der Waals surface area contributed by atoms with Gasteiger partial charge in [0, 0.05) is 40.5 Å². The Labute approximate surface area is 244 Å². The van der Waals surface area contributed by atoms with Crippen LogP contribution in [-0.4, -0.2) is 34.7 Å². The smallest absolute Gasteiger partial charge is 0.169 e. The summed E-state index contributed by atoms with van der Waals surface area (Å²) in [5, 5.41) is 12.9. The first-order valence-corrected chi connectivity index (χ1v) is 14.6. The molecule has 2 bridgehead atoms. The molecule has 0 radical (unpaired) electrons. The second-order valence-electron chi connectivity index (χ2n) is 12.2. The number of likely N-dealkylation sites (tertiary alicyclic amines) is 1. The van der Waals surface area contributed by atoms with Crippen molar-refractivity contribution in [2.75, 3.05) is 13.1 Å². The molecule has 3 aromatic carbocycles. The van der Waals surface area contributed by atoms with Gasteiger partial charge >= 0.3 is 0 Å². The number of fused-ring (bicyclic) bond motifs is 4. The molecule has 7 heteroatoms. The summed E-state index contributed by atoms with van der Waals surface area (Å²) >= 11 is 6.66. The summed E-state index contributed by atoms with van der Waals surface area (Å²) in [5.74, 6) is 2.49. The Balaban J connectivity index is 0.00000245. The third-order valence-electron chi connectivity index (χ3n) is 10.3. The van der Waals surface area contributed by atoms with Crippen molar-refractivity contribution in [1.29, 1.82) is 0 Å². The first kappa shape index (κ1) is 25.0. The number of nitrogens with zero attached hydrogens (tertiary/aromatic N) is 1. The lowest BCUT2D eigenvalue weighted by atomic mass is 9.49. The summed E-state index contributed by atoms with van der Waals surface area (Å²) < 4.78 is 20.8. The Morgan fingerprint density at radius 3 is 2.73 bits per heavy atom. The second kappa shape index (κ2) is 8.65. The van der Waals surface area contributed by atoms with Crippen LogP contribution in [0.1, 0.15) is 53.4 Å². The number of benzene rings is 3. The van der Waals surface area contributed by atoms with E-state index in [4.69, 9.17) is 25.5 Å². The number of phenolic OH excluding ortho intramolecular Hbond substituents is 1. The molecule has 1 saturated heterocycles. The number of aromatic hydroxyl groups is 1. The van der Waals surface area contributed by atoms with Crippen molar-refractivity contribution in [3.63, 3.8) is 0 Å². The molecular weight excluding hydrogens is 545 g/mol. The predicted octanol–water partition coefficient (Wildman–Crippen LogP) is 7.14. The standard InChI is InChI=1S/C33H30ClNO4.ClH/c34-24-7-3-1-5-21(24)18-37-33-16-23-22-6-2-4-8-26(22)38-29(23)31-32(33)13-14-35(17-19-9-10-19)27(33)15-20-11-12-25(36)30(39-31)28(20)32;/h1-8,11-12,19,27,31,36H,9-10,13-18H2;1H/t27-,31+,32+,33-;/m1./s1. The van der Waals surface area contributed by atoms with Gasteiger partial charge in [0.25, 0.3) is 0 Å². The minimum Gasteiger partial charge on any atom is -0.504 e. The van der Waals surface area contributed by atoms with E-state index in [9.17, 15) is 5.11 Å².